The molecule has 6 nitrogen and oxygen atoms in total. The molecule has 1 aliphatic rings. The molecule has 0 bridgehead atoms. The lowest BCUT2D eigenvalue weighted by Crippen LogP contribution is -2.44. The normalized spacial score (nSPS) is 15.8. The third-order valence-corrected chi connectivity index (χ3v) is 5.84. The molecule has 2 aromatic carbocycles. The van der Waals surface area contributed by atoms with Gasteiger partial charge < -0.3 is 9.64 Å². The van der Waals surface area contributed by atoms with Gasteiger partial charge in [-0.2, -0.15) is 5.10 Å². The van der Waals surface area contributed by atoms with Gasteiger partial charge in [-0.05, 0) is 18.6 Å². The molecule has 1 atom stereocenters. The Morgan fingerprint density at radius 1 is 1.19 bits per heavy atom. The van der Waals surface area contributed by atoms with Gasteiger partial charge in [-0.15, -0.1) is 0 Å². The summed E-state index contributed by atoms with van der Waals surface area (Å²) in [5, 5.41) is 6.79. The van der Waals surface area contributed by atoms with Crippen LogP contribution >= 0.6 is 11.6 Å². The first-order valence-corrected chi connectivity index (χ1v) is 11.2. The molecular weight excluding hydrogens is 426 g/mol. The van der Waals surface area contributed by atoms with E-state index in [2.05, 4.69) is 5.10 Å². The Labute approximate surface area is 194 Å². The van der Waals surface area contributed by atoms with E-state index >= 15 is 0 Å². The molecule has 0 aliphatic carbocycles. The van der Waals surface area contributed by atoms with E-state index < -0.39 is 0 Å². The zero-order chi connectivity index (χ0) is 23.3. The number of hydrogen-bond donors (Lipinski definition) is 0. The summed E-state index contributed by atoms with van der Waals surface area (Å²) in [6, 6.07) is 15.3. The number of ether oxygens (including phenoxy) is 1. The molecule has 32 heavy (non-hydrogen) atoms. The van der Waals surface area contributed by atoms with Gasteiger partial charge in [-0.25, -0.2) is 5.01 Å². The van der Waals surface area contributed by atoms with E-state index in [1.54, 1.807) is 12.0 Å². The van der Waals surface area contributed by atoms with Crippen molar-refractivity contribution >= 4 is 29.1 Å². The highest BCUT2D eigenvalue weighted by molar-refractivity contribution is 6.34. The number of hydrogen-bond acceptors (Lipinski definition) is 4. The third kappa shape index (κ3) is 5.56. The number of aryl methyl sites for hydroxylation is 1. The number of nitrogens with zero attached hydrogens (tertiary/aromatic N) is 3. The summed E-state index contributed by atoms with van der Waals surface area (Å²) in [7, 11) is 1.58. The van der Waals surface area contributed by atoms with Crippen molar-refractivity contribution in [1.29, 1.82) is 0 Å². The van der Waals surface area contributed by atoms with Crippen LogP contribution in [-0.2, 0) is 14.3 Å². The largest absolute Gasteiger partial charge is 0.383 e. The van der Waals surface area contributed by atoms with Crippen molar-refractivity contribution in [2.45, 2.75) is 33.2 Å². The van der Waals surface area contributed by atoms with E-state index in [4.69, 9.17) is 16.3 Å². The predicted octanol–water partition coefficient (Wildman–Crippen LogP) is 4.46. The number of methoxy groups -OCH3 is 1. The van der Waals surface area contributed by atoms with Crippen LogP contribution in [0.5, 0.6) is 0 Å². The molecule has 7 heteroatoms. The molecule has 0 N–H and O–H groups in total. The number of amides is 2. The Morgan fingerprint density at radius 2 is 1.88 bits per heavy atom. The Balaban J connectivity index is 1.91. The molecule has 0 saturated heterocycles. The molecule has 0 unspecified atom stereocenters. The van der Waals surface area contributed by atoms with Crippen molar-refractivity contribution in [3.8, 4) is 0 Å². The first kappa shape index (κ1) is 24.0. The van der Waals surface area contributed by atoms with Crippen LogP contribution in [0.15, 0.2) is 53.6 Å². The fraction of sp³-hybridized carbons (Fsp3) is 0.400. The molecule has 2 amide bonds. The second-order valence-corrected chi connectivity index (χ2v) is 8.71. The van der Waals surface area contributed by atoms with Crippen LogP contribution in [-0.4, -0.2) is 54.2 Å². The minimum Gasteiger partial charge on any atom is -0.383 e. The van der Waals surface area contributed by atoms with E-state index in [0.29, 0.717) is 24.6 Å². The van der Waals surface area contributed by atoms with Crippen molar-refractivity contribution in [3.05, 3.63) is 70.2 Å². The van der Waals surface area contributed by atoms with E-state index in [0.717, 1.165) is 22.4 Å². The molecule has 1 aliphatic heterocycles. The van der Waals surface area contributed by atoms with Crippen LogP contribution in [0.4, 0.5) is 0 Å². The smallest absolute Gasteiger partial charge is 0.262 e. The number of rotatable bonds is 8. The summed E-state index contributed by atoms with van der Waals surface area (Å²) in [4.78, 5) is 27.6. The van der Waals surface area contributed by atoms with Crippen molar-refractivity contribution < 1.29 is 14.3 Å². The second kappa shape index (κ2) is 10.7. The topological polar surface area (TPSA) is 62.2 Å². The highest BCUT2D eigenvalue weighted by Gasteiger charge is 2.35. The fourth-order valence-electron chi connectivity index (χ4n) is 3.72. The van der Waals surface area contributed by atoms with E-state index in [-0.39, 0.29) is 30.3 Å². The van der Waals surface area contributed by atoms with Crippen LogP contribution < -0.4 is 0 Å². The maximum Gasteiger partial charge on any atom is 0.262 e. The van der Waals surface area contributed by atoms with Crippen molar-refractivity contribution in [2.75, 3.05) is 26.8 Å². The average molecular weight is 456 g/mol. The lowest BCUT2D eigenvalue weighted by molar-refractivity contribution is -0.143. The lowest BCUT2D eigenvalue weighted by atomic mass is 9.97. The second-order valence-electron chi connectivity index (χ2n) is 8.30. The number of benzene rings is 2. The fourth-order valence-corrected chi connectivity index (χ4v) is 3.96. The van der Waals surface area contributed by atoms with Crippen molar-refractivity contribution in [2.24, 2.45) is 11.0 Å². The number of hydrazone groups is 1. The van der Waals surface area contributed by atoms with Crippen LogP contribution in [0.1, 0.15) is 43.0 Å². The minimum absolute atomic E-state index is 0.0535. The number of carbonyl (C=O) groups is 2. The summed E-state index contributed by atoms with van der Waals surface area (Å²) in [5.74, 6) is -0.534. The first-order valence-electron chi connectivity index (χ1n) is 10.8. The van der Waals surface area contributed by atoms with Crippen molar-refractivity contribution in [3.63, 3.8) is 0 Å². The van der Waals surface area contributed by atoms with E-state index in [1.165, 1.54) is 5.01 Å². The summed E-state index contributed by atoms with van der Waals surface area (Å²) < 4.78 is 5.14. The molecule has 1 heterocycles. The molecule has 0 saturated carbocycles. The average Bonchev–Trinajstić information content (AvgIpc) is 3.22. The van der Waals surface area contributed by atoms with Crippen LogP contribution in [0.3, 0.4) is 0 Å². The van der Waals surface area contributed by atoms with Gasteiger partial charge in [-0.3, -0.25) is 9.59 Å². The van der Waals surface area contributed by atoms with Crippen LogP contribution in [0, 0.1) is 12.8 Å². The van der Waals surface area contributed by atoms with Crippen LogP contribution in [0.2, 0.25) is 5.02 Å². The molecule has 0 radical (unpaired) electrons. The van der Waals surface area contributed by atoms with Gasteiger partial charge in [-0.1, -0.05) is 73.5 Å². The Kier molecular flexibility index (Phi) is 8.04. The summed E-state index contributed by atoms with van der Waals surface area (Å²) >= 11 is 6.41. The zero-order valence-electron chi connectivity index (χ0n) is 19.0. The highest BCUT2D eigenvalue weighted by atomic mass is 35.5. The standard InChI is InChI=1S/C25H30ClN3O3/c1-17(2)25(31)28(13-14-32-4)16-24(30)29-23(19-11-9-18(3)10-12-19)15-22(27-29)20-7-5-6-8-21(20)26/h5-12,17,23H,13-16H2,1-4H3/t23-/m0/s1. The Morgan fingerprint density at radius 3 is 2.50 bits per heavy atom. The SMILES string of the molecule is COCCN(CC(=O)N1N=C(c2ccccc2Cl)C[C@H]1c1ccc(C)cc1)C(=O)C(C)C. The zero-order valence-corrected chi connectivity index (χ0v) is 19.8. The predicted molar refractivity (Wildman–Crippen MR) is 127 cm³/mol. The molecule has 3 rings (SSSR count). The Bertz CT molecular complexity index is 988. The van der Waals surface area contributed by atoms with Gasteiger partial charge in [0, 0.05) is 36.6 Å². The quantitative estimate of drug-likeness (QED) is 0.590. The van der Waals surface area contributed by atoms with Gasteiger partial charge in [0.15, 0.2) is 0 Å². The van der Waals surface area contributed by atoms with Gasteiger partial charge in [0.05, 0.1) is 18.4 Å². The molecule has 2 aromatic rings. The summed E-state index contributed by atoms with van der Waals surface area (Å²) in [6.45, 7) is 6.33. The number of carbonyl (C=O) groups excluding carboxylic acids is 2. The van der Waals surface area contributed by atoms with Gasteiger partial charge in [0.2, 0.25) is 5.91 Å². The maximum atomic E-state index is 13.4. The monoisotopic (exact) mass is 455 g/mol. The van der Waals surface area contributed by atoms with E-state index in [1.807, 2.05) is 69.3 Å². The maximum absolute atomic E-state index is 13.4. The summed E-state index contributed by atoms with van der Waals surface area (Å²) in [5.41, 5.74) is 3.71. The highest BCUT2D eigenvalue weighted by Crippen LogP contribution is 2.34. The van der Waals surface area contributed by atoms with Crippen molar-refractivity contribution in [1.82, 2.24) is 9.91 Å². The minimum atomic E-state index is -0.257. The van der Waals surface area contributed by atoms with Gasteiger partial charge in [0.1, 0.15) is 6.54 Å². The molecule has 170 valence electrons. The first-order chi connectivity index (χ1) is 15.3. The third-order valence-electron chi connectivity index (χ3n) is 5.51. The van der Waals surface area contributed by atoms with Gasteiger partial charge in [0.25, 0.3) is 5.91 Å². The summed E-state index contributed by atoms with van der Waals surface area (Å²) in [6.07, 6.45) is 0.550. The lowest BCUT2D eigenvalue weighted by Gasteiger charge is -2.28. The van der Waals surface area contributed by atoms with Gasteiger partial charge >= 0.3 is 0 Å². The number of halogens is 1. The molecule has 0 aromatic heterocycles. The van der Waals surface area contributed by atoms with Crippen LogP contribution in [0.25, 0.3) is 0 Å². The molecule has 0 spiro atoms. The van der Waals surface area contributed by atoms with E-state index in [9.17, 15) is 9.59 Å². The molecular formula is C25H30ClN3O3. The Hall–Kier alpha value is -2.70. The molecule has 0 fully saturated rings.